The van der Waals surface area contributed by atoms with Gasteiger partial charge in [0, 0.05) is 178 Å². The van der Waals surface area contributed by atoms with Crippen molar-refractivity contribution < 1.29 is 0 Å². The molecule has 0 nitrogen and oxygen atoms in total. The molecule has 0 rings (SSSR count). The van der Waals surface area contributed by atoms with E-state index < -0.39 is 0 Å². The monoisotopic (exact) mass is 648 g/mol. The average Bonchev–Trinajstić information content (AvgIpc) is 3.18. The molecule has 0 heterocycles. The Morgan fingerprint density at radius 2 is 0.148 bits per heavy atom. The summed E-state index contributed by atoms with van der Waals surface area (Å²) in [5.74, 6) is 127. The summed E-state index contributed by atoms with van der Waals surface area (Å²) in [5, 5.41) is 0. The maximum Gasteiger partial charge on any atom is 0 e. The van der Waals surface area contributed by atoms with E-state index in [4.69, 9.17) is 12.8 Å². The fraction of sp³-hybridized carbons (Fsp3) is 0. The van der Waals surface area contributed by atoms with Crippen LogP contribution in [0.1, 0.15) is 0 Å². The van der Waals surface area contributed by atoms with Crippen LogP contribution < -0.4 is 0 Å². The molecule has 54 heavy (non-hydrogen) atoms. The largest absolute Gasteiger partial charge is 0.358 e. The third kappa shape index (κ3) is 40.1. The topological polar surface area (TPSA) is 0 Å². The highest BCUT2D eigenvalue weighted by Crippen LogP contribution is 1.62. The molecule has 0 heteroatoms. The molecular weight excluding hydrogens is 649 g/mol. The van der Waals surface area contributed by atoms with E-state index in [1.165, 1.54) is 0 Å². The molecule has 0 aliphatic heterocycles. The van der Waals surface area contributed by atoms with E-state index in [1.54, 1.807) is 0 Å². The summed E-state index contributed by atoms with van der Waals surface area (Å²) in [7, 11) is 0. The van der Waals surface area contributed by atoms with Gasteiger partial charge in [-0.25, -0.2) is 11.8 Å². The number of rotatable bonds is 0. The van der Waals surface area contributed by atoms with Crippen LogP contribution in [0.25, 0.3) is 0 Å². The van der Waals surface area contributed by atoms with Crippen molar-refractivity contribution in [1.29, 1.82) is 0 Å². The average molecular weight is 649 g/mol. The zero-order chi connectivity index (χ0) is 38.8. The van der Waals surface area contributed by atoms with Gasteiger partial charge >= 0.3 is 0 Å². The van der Waals surface area contributed by atoms with Crippen LogP contribution >= 0.6 is 0 Å². The standard InChI is InChI=1S/C54/c1-3-5-7-9-11-13-15-17-19-21-23-25-27-29-31-33-35-37-39-41-43-45-47-49-51-53-54-52-50-48-46-44-42-40-38-36-34-32-30-28-26-24-22-20-18-16-14-12-10-8-6-4-2/q-2. The lowest BCUT2D eigenvalue weighted by Gasteiger charge is -1.63. The minimum Gasteiger partial charge on any atom is -0.358 e. The van der Waals surface area contributed by atoms with Crippen molar-refractivity contribution >= 4 is 0 Å². The van der Waals surface area contributed by atoms with Gasteiger partial charge < -0.3 is 12.8 Å². The van der Waals surface area contributed by atoms with E-state index in [2.05, 4.69) is 296 Å². The van der Waals surface area contributed by atoms with Crippen molar-refractivity contribution in [2.75, 3.05) is 0 Å². The minimum atomic E-state index is 1.87. The summed E-state index contributed by atoms with van der Waals surface area (Å²) in [5.41, 5.74) is 0. The molecule has 0 spiro atoms. The van der Waals surface area contributed by atoms with Crippen LogP contribution in [0, 0.1) is 321 Å². The van der Waals surface area contributed by atoms with E-state index in [-0.39, 0.29) is 0 Å². The molecule has 0 aromatic carbocycles. The van der Waals surface area contributed by atoms with E-state index in [0.717, 1.165) is 0 Å². The van der Waals surface area contributed by atoms with Crippen molar-refractivity contribution in [1.82, 2.24) is 0 Å². The second-order valence-corrected chi connectivity index (χ2v) is 6.50. The lowest BCUT2D eigenvalue weighted by Crippen LogP contribution is -1.57. The molecule has 0 saturated carbocycles. The first kappa shape index (κ1) is 42.1. The smallest absolute Gasteiger partial charge is 0 e. The fourth-order valence-corrected chi connectivity index (χ4v) is 1.56. The molecule has 0 aromatic heterocycles. The van der Waals surface area contributed by atoms with Crippen LogP contribution in [0.2, 0.25) is 0 Å². The lowest BCUT2D eigenvalue weighted by atomic mass is 10.4. The molecule has 0 aromatic rings. The summed E-state index contributed by atoms with van der Waals surface area (Å²) < 4.78 is 0. The molecule has 0 amide bonds. The predicted molar refractivity (Wildman–Crippen MR) is 209 cm³/mol. The zero-order valence-corrected chi connectivity index (χ0v) is 27.0. The maximum atomic E-state index is 6.57. The Kier molecular flexibility index (Phi) is 32.1. The van der Waals surface area contributed by atoms with E-state index in [0.29, 0.717) is 0 Å². The highest BCUT2D eigenvalue weighted by molar-refractivity contribution is 5.51. The van der Waals surface area contributed by atoms with Crippen molar-refractivity contribution in [2.45, 2.75) is 0 Å². The quantitative estimate of drug-likeness (QED) is 0.261. The number of hydrogen-bond acceptors (Lipinski definition) is 0. The lowest BCUT2D eigenvalue weighted by molar-refractivity contribution is 2.31. The molecule has 0 unspecified atom stereocenters. The van der Waals surface area contributed by atoms with Gasteiger partial charge in [-0.2, -0.15) is 0 Å². The van der Waals surface area contributed by atoms with Crippen molar-refractivity contribution in [3.8, 4) is 308 Å². The van der Waals surface area contributed by atoms with Crippen molar-refractivity contribution in [3.05, 3.63) is 12.8 Å². The van der Waals surface area contributed by atoms with Gasteiger partial charge in [-0.1, -0.05) is 0 Å². The third-order valence-corrected chi connectivity index (χ3v) is 3.19. The van der Waals surface area contributed by atoms with Crippen LogP contribution in [0.4, 0.5) is 0 Å². The molecule has 218 valence electrons. The van der Waals surface area contributed by atoms with Crippen LogP contribution in [-0.4, -0.2) is 0 Å². The Morgan fingerprint density at radius 3 is 0.204 bits per heavy atom. The Balaban J connectivity index is 4.57. The van der Waals surface area contributed by atoms with Gasteiger partial charge in [0.15, 0.2) is 0 Å². The molecule has 0 atom stereocenters. The molecule has 0 aliphatic carbocycles. The van der Waals surface area contributed by atoms with Crippen molar-refractivity contribution in [2.24, 2.45) is 0 Å². The highest BCUT2D eigenvalue weighted by atomic mass is 13.6. The Labute approximate surface area is 319 Å². The van der Waals surface area contributed by atoms with Gasteiger partial charge in [0.2, 0.25) is 0 Å². The zero-order valence-electron chi connectivity index (χ0n) is 27.0. The molecule has 0 fully saturated rings. The van der Waals surface area contributed by atoms with E-state index >= 15 is 0 Å². The van der Waals surface area contributed by atoms with E-state index in [9.17, 15) is 0 Å². The van der Waals surface area contributed by atoms with Gasteiger partial charge in [0.25, 0.3) is 0 Å². The Morgan fingerprint density at radius 1 is 0.0926 bits per heavy atom. The summed E-state index contributed by atoms with van der Waals surface area (Å²) in [6.07, 6.45) is 13.1. The fourth-order valence-electron chi connectivity index (χ4n) is 1.56. The summed E-state index contributed by atoms with van der Waals surface area (Å²) in [4.78, 5) is 0. The highest BCUT2D eigenvalue weighted by Gasteiger charge is 1.62. The molecule has 0 N–H and O–H groups in total. The summed E-state index contributed by atoms with van der Waals surface area (Å²) >= 11 is 0. The SMILES string of the molecule is [C-]#CC#CC#CC#CC#CC#CC#CC#CC#CC#CC#CC#CC#CC#CC#CC#CC#CC#CC#CC#CC#CC#CC#CC#CC#CC#CC#[C-]. The second kappa shape index (κ2) is 41.1. The Hall–Kier alpha value is -11.9. The van der Waals surface area contributed by atoms with Gasteiger partial charge in [0.1, 0.15) is 0 Å². The van der Waals surface area contributed by atoms with Gasteiger partial charge in [0.05, 0.1) is 0 Å². The normalized spacial score (nSPS) is 3.89. The van der Waals surface area contributed by atoms with Crippen LogP contribution in [0.15, 0.2) is 0 Å². The molecule has 0 saturated heterocycles. The van der Waals surface area contributed by atoms with Crippen LogP contribution in [-0.2, 0) is 0 Å². The third-order valence-electron chi connectivity index (χ3n) is 3.19. The second-order valence-electron chi connectivity index (χ2n) is 6.50. The number of hydrogen-bond donors (Lipinski definition) is 0. The predicted octanol–water partition coefficient (Wildman–Crippen LogP) is 0.251. The first-order valence-electron chi connectivity index (χ1n) is 13.2. The molecule has 0 radical (unpaired) electrons. The van der Waals surface area contributed by atoms with Gasteiger partial charge in [-0.3, -0.25) is 11.8 Å². The summed E-state index contributed by atoms with van der Waals surface area (Å²) in [6, 6.07) is 0. The van der Waals surface area contributed by atoms with E-state index in [1.807, 2.05) is 11.8 Å². The molecule has 0 bridgehead atoms. The van der Waals surface area contributed by atoms with Crippen LogP contribution in [0.5, 0.6) is 0 Å². The minimum absolute atomic E-state index is 1.87. The first-order chi connectivity index (χ1) is 26.9. The van der Waals surface area contributed by atoms with Crippen LogP contribution in [0.3, 0.4) is 0 Å². The summed E-state index contributed by atoms with van der Waals surface area (Å²) in [6.45, 7) is 0. The van der Waals surface area contributed by atoms with Crippen molar-refractivity contribution in [3.63, 3.8) is 0 Å². The van der Waals surface area contributed by atoms with Gasteiger partial charge in [-0.15, -0.1) is 11.8 Å². The Bertz CT molecular complexity index is 3130. The molecule has 0 aliphatic rings. The maximum absolute atomic E-state index is 6.57. The first-order valence-corrected chi connectivity index (χ1v) is 13.2. The van der Waals surface area contributed by atoms with Gasteiger partial charge in [-0.05, 0) is 94.7 Å². The molecular formula is C54-2.